The van der Waals surface area contributed by atoms with Crippen LogP contribution in [0, 0.1) is 10.1 Å². The van der Waals surface area contributed by atoms with E-state index < -0.39 is 6.04 Å². The largest absolute Gasteiger partial charge is 0.306 e. The number of rotatable bonds is 3. The second-order valence-corrected chi connectivity index (χ2v) is 3.77. The summed E-state index contributed by atoms with van der Waals surface area (Å²) in [4.78, 5) is 9.90. The van der Waals surface area contributed by atoms with Gasteiger partial charge in [-0.15, -0.1) is 0 Å². The van der Waals surface area contributed by atoms with Crippen LogP contribution in [0.1, 0.15) is 27.7 Å². The zero-order valence-corrected chi connectivity index (χ0v) is 7.55. The van der Waals surface area contributed by atoms with Gasteiger partial charge in [0, 0.05) is 17.4 Å². The second kappa shape index (κ2) is 3.67. The Hall–Kier alpha value is -0.640. The lowest BCUT2D eigenvalue weighted by Gasteiger charge is -2.20. The fraction of sp³-hybridized carbons (Fsp3) is 1.00. The summed E-state index contributed by atoms with van der Waals surface area (Å²) in [6.45, 7) is 7.98. The molecule has 0 fully saturated rings. The Kier molecular flexibility index (Phi) is 3.45. The highest BCUT2D eigenvalue weighted by molar-refractivity contribution is 4.71. The Bertz CT molecular complexity index is 140. The molecule has 66 valence electrons. The first-order valence-corrected chi connectivity index (χ1v) is 3.71. The highest BCUT2D eigenvalue weighted by Gasteiger charge is 2.16. The zero-order valence-electron chi connectivity index (χ0n) is 7.55. The summed E-state index contributed by atoms with van der Waals surface area (Å²) >= 11 is 0. The number of hydrogen-bond acceptors (Lipinski definition) is 3. The van der Waals surface area contributed by atoms with Crippen molar-refractivity contribution in [3.63, 3.8) is 0 Å². The van der Waals surface area contributed by atoms with E-state index in [-0.39, 0.29) is 10.5 Å². The predicted octanol–water partition coefficient (Wildman–Crippen LogP) is 1.04. The Morgan fingerprint density at radius 1 is 1.55 bits per heavy atom. The molecule has 0 saturated carbocycles. The van der Waals surface area contributed by atoms with Crippen LogP contribution in [0.25, 0.3) is 0 Å². The van der Waals surface area contributed by atoms with Crippen molar-refractivity contribution >= 4 is 0 Å². The maximum atomic E-state index is 10.2. The summed E-state index contributed by atoms with van der Waals surface area (Å²) in [7, 11) is 0. The molecular formula is C7H16N2O2. The number of hydrogen-bond donors (Lipinski definition) is 1. The highest BCUT2D eigenvalue weighted by atomic mass is 16.6. The van der Waals surface area contributed by atoms with E-state index in [1.807, 2.05) is 20.8 Å². The molecule has 1 N–H and O–H groups in total. The lowest BCUT2D eigenvalue weighted by Crippen LogP contribution is -2.42. The van der Waals surface area contributed by atoms with Gasteiger partial charge in [-0.1, -0.05) is 0 Å². The zero-order chi connectivity index (χ0) is 9.07. The molecule has 1 atom stereocenters. The average molecular weight is 160 g/mol. The Labute approximate surface area is 67.1 Å². The fourth-order valence-electron chi connectivity index (χ4n) is 0.528. The number of nitrogens with one attached hydrogen (secondary N) is 1. The van der Waals surface area contributed by atoms with Crippen molar-refractivity contribution in [2.24, 2.45) is 0 Å². The molecular weight excluding hydrogens is 144 g/mol. The molecule has 4 heteroatoms. The standard InChI is InChI=1S/C7H16N2O2/c1-6(9(10)11)5-8-7(2,3)4/h6,8H,5H2,1-4H3. The van der Waals surface area contributed by atoms with E-state index >= 15 is 0 Å². The molecule has 11 heavy (non-hydrogen) atoms. The van der Waals surface area contributed by atoms with Gasteiger partial charge in [0.2, 0.25) is 6.04 Å². The van der Waals surface area contributed by atoms with Gasteiger partial charge in [0.25, 0.3) is 0 Å². The van der Waals surface area contributed by atoms with Crippen LogP contribution in [-0.4, -0.2) is 23.0 Å². The smallest absolute Gasteiger partial charge is 0.222 e. The molecule has 0 bridgehead atoms. The monoisotopic (exact) mass is 160 g/mol. The second-order valence-electron chi connectivity index (χ2n) is 3.77. The molecule has 0 aliphatic rings. The summed E-state index contributed by atoms with van der Waals surface area (Å²) in [5.41, 5.74) is -0.0374. The summed E-state index contributed by atoms with van der Waals surface area (Å²) in [5, 5.41) is 13.2. The van der Waals surface area contributed by atoms with Crippen molar-refractivity contribution in [3.05, 3.63) is 10.1 Å². The van der Waals surface area contributed by atoms with Crippen LogP contribution in [0.2, 0.25) is 0 Å². The van der Waals surface area contributed by atoms with E-state index in [0.717, 1.165) is 0 Å². The summed E-state index contributed by atoms with van der Waals surface area (Å²) in [5.74, 6) is 0. The summed E-state index contributed by atoms with van der Waals surface area (Å²) in [6.07, 6.45) is 0. The third kappa shape index (κ3) is 5.79. The van der Waals surface area contributed by atoms with Crippen molar-refractivity contribution in [1.29, 1.82) is 0 Å². The molecule has 0 aliphatic heterocycles. The molecule has 0 aliphatic carbocycles. The van der Waals surface area contributed by atoms with Crippen LogP contribution in [-0.2, 0) is 0 Å². The lowest BCUT2D eigenvalue weighted by atomic mass is 10.1. The van der Waals surface area contributed by atoms with E-state index in [1.165, 1.54) is 0 Å². The minimum absolute atomic E-state index is 0.0374. The molecule has 0 spiro atoms. The quantitative estimate of drug-likeness (QED) is 0.495. The Balaban J connectivity index is 3.63. The molecule has 1 unspecified atom stereocenters. The van der Waals surface area contributed by atoms with E-state index in [9.17, 15) is 10.1 Å². The summed E-state index contributed by atoms with van der Waals surface area (Å²) in [6, 6.07) is -0.505. The lowest BCUT2D eigenvalue weighted by molar-refractivity contribution is -0.516. The van der Waals surface area contributed by atoms with Crippen molar-refractivity contribution < 1.29 is 4.92 Å². The SMILES string of the molecule is CC(CNC(C)(C)C)[N+](=O)[O-]. The summed E-state index contributed by atoms with van der Waals surface area (Å²) < 4.78 is 0. The van der Waals surface area contributed by atoms with Gasteiger partial charge in [-0.05, 0) is 20.8 Å². The molecule has 0 saturated heterocycles. The molecule has 4 nitrogen and oxygen atoms in total. The first kappa shape index (κ1) is 10.4. The van der Waals surface area contributed by atoms with E-state index in [0.29, 0.717) is 6.54 Å². The fourth-order valence-corrected chi connectivity index (χ4v) is 0.528. The van der Waals surface area contributed by atoms with Gasteiger partial charge < -0.3 is 5.32 Å². The molecule has 0 aromatic heterocycles. The van der Waals surface area contributed by atoms with Gasteiger partial charge in [-0.2, -0.15) is 0 Å². The minimum Gasteiger partial charge on any atom is -0.306 e. The predicted molar refractivity (Wildman–Crippen MR) is 44.2 cm³/mol. The van der Waals surface area contributed by atoms with Gasteiger partial charge in [0.1, 0.15) is 0 Å². The molecule has 0 amide bonds. The minimum atomic E-state index is -0.505. The van der Waals surface area contributed by atoms with Crippen LogP contribution in [0.4, 0.5) is 0 Å². The van der Waals surface area contributed by atoms with Gasteiger partial charge in [-0.3, -0.25) is 10.1 Å². The molecule has 0 aromatic rings. The van der Waals surface area contributed by atoms with E-state index in [2.05, 4.69) is 5.32 Å². The van der Waals surface area contributed by atoms with Crippen molar-refractivity contribution in [2.75, 3.05) is 6.54 Å². The van der Waals surface area contributed by atoms with Crippen LogP contribution in [0.5, 0.6) is 0 Å². The van der Waals surface area contributed by atoms with Crippen molar-refractivity contribution in [2.45, 2.75) is 39.3 Å². The molecule has 0 radical (unpaired) electrons. The Morgan fingerprint density at radius 2 is 2.00 bits per heavy atom. The molecule has 0 aromatic carbocycles. The van der Waals surface area contributed by atoms with E-state index in [4.69, 9.17) is 0 Å². The van der Waals surface area contributed by atoms with Crippen LogP contribution in [0.3, 0.4) is 0 Å². The van der Waals surface area contributed by atoms with Crippen LogP contribution in [0.15, 0.2) is 0 Å². The van der Waals surface area contributed by atoms with E-state index in [1.54, 1.807) is 6.92 Å². The number of nitrogens with zero attached hydrogens (tertiary/aromatic N) is 1. The van der Waals surface area contributed by atoms with Gasteiger partial charge in [0.15, 0.2) is 0 Å². The normalized spacial score (nSPS) is 14.5. The van der Waals surface area contributed by atoms with Crippen LogP contribution >= 0.6 is 0 Å². The first-order chi connectivity index (χ1) is 4.83. The van der Waals surface area contributed by atoms with Crippen molar-refractivity contribution in [1.82, 2.24) is 5.32 Å². The van der Waals surface area contributed by atoms with Crippen LogP contribution < -0.4 is 5.32 Å². The van der Waals surface area contributed by atoms with Gasteiger partial charge >= 0.3 is 0 Å². The van der Waals surface area contributed by atoms with Gasteiger partial charge in [0.05, 0.1) is 6.54 Å². The maximum absolute atomic E-state index is 10.2. The highest BCUT2D eigenvalue weighted by Crippen LogP contribution is 1.98. The first-order valence-electron chi connectivity index (χ1n) is 3.71. The van der Waals surface area contributed by atoms with Gasteiger partial charge in [-0.25, -0.2) is 0 Å². The maximum Gasteiger partial charge on any atom is 0.222 e. The Morgan fingerprint density at radius 3 is 2.27 bits per heavy atom. The number of nitro groups is 1. The molecule has 0 heterocycles. The van der Waals surface area contributed by atoms with Crippen molar-refractivity contribution in [3.8, 4) is 0 Å². The third-order valence-electron chi connectivity index (χ3n) is 1.29. The molecule has 0 rings (SSSR count). The topological polar surface area (TPSA) is 55.2 Å². The third-order valence-corrected chi connectivity index (χ3v) is 1.29. The average Bonchev–Trinajstić information content (AvgIpc) is 1.80.